The van der Waals surface area contributed by atoms with Crippen LogP contribution in [0.15, 0.2) is 29.0 Å². The van der Waals surface area contributed by atoms with Crippen LogP contribution in [0.25, 0.3) is 0 Å². The van der Waals surface area contributed by atoms with Crippen LogP contribution in [0, 0.1) is 6.92 Å². The van der Waals surface area contributed by atoms with Gasteiger partial charge < -0.3 is 14.7 Å². The number of amides is 1. The molecule has 2 rings (SSSR count). The summed E-state index contributed by atoms with van der Waals surface area (Å²) in [5, 5.41) is 6.30. The zero-order valence-corrected chi connectivity index (χ0v) is 10.1. The first-order chi connectivity index (χ1) is 8.65. The number of likely N-dealkylation sites (N-methyl/N-ethyl adjacent to an activating group) is 1. The van der Waals surface area contributed by atoms with Crippen LogP contribution in [-0.2, 0) is 4.79 Å². The lowest BCUT2D eigenvalue weighted by atomic mass is 10.4. The fourth-order valence-corrected chi connectivity index (χ4v) is 1.38. The summed E-state index contributed by atoms with van der Waals surface area (Å²) in [6.07, 6.45) is 3.25. The van der Waals surface area contributed by atoms with Gasteiger partial charge in [0.05, 0.1) is 6.54 Å². The predicted octanol–water partition coefficient (Wildman–Crippen LogP) is 0.848. The van der Waals surface area contributed by atoms with Crippen LogP contribution in [0.1, 0.15) is 5.76 Å². The number of aryl methyl sites for hydroxylation is 1. The van der Waals surface area contributed by atoms with Gasteiger partial charge in [0.15, 0.2) is 5.82 Å². The van der Waals surface area contributed by atoms with E-state index in [1.807, 2.05) is 0 Å². The Kier molecular flexibility index (Phi) is 3.52. The van der Waals surface area contributed by atoms with E-state index in [-0.39, 0.29) is 12.5 Å². The van der Waals surface area contributed by atoms with E-state index in [1.54, 1.807) is 43.4 Å². The highest BCUT2D eigenvalue weighted by Crippen LogP contribution is 2.07. The van der Waals surface area contributed by atoms with Crippen molar-refractivity contribution in [3.63, 3.8) is 0 Å². The van der Waals surface area contributed by atoms with E-state index in [4.69, 9.17) is 4.52 Å². The van der Waals surface area contributed by atoms with Crippen molar-refractivity contribution in [2.24, 2.45) is 0 Å². The summed E-state index contributed by atoms with van der Waals surface area (Å²) in [5.74, 6) is 1.33. The van der Waals surface area contributed by atoms with Crippen molar-refractivity contribution < 1.29 is 9.32 Å². The van der Waals surface area contributed by atoms with Crippen LogP contribution < -0.4 is 10.2 Å². The summed E-state index contributed by atoms with van der Waals surface area (Å²) in [7, 11) is 1.74. The Morgan fingerprint density at radius 1 is 1.44 bits per heavy atom. The van der Waals surface area contributed by atoms with Gasteiger partial charge in [-0.2, -0.15) is 0 Å². The molecule has 2 aromatic rings. The third kappa shape index (κ3) is 3.03. The minimum atomic E-state index is -0.210. The zero-order chi connectivity index (χ0) is 13.0. The Hall–Kier alpha value is -2.44. The van der Waals surface area contributed by atoms with Crippen molar-refractivity contribution in [1.29, 1.82) is 0 Å². The number of rotatable bonds is 4. The van der Waals surface area contributed by atoms with Gasteiger partial charge in [-0.3, -0.25) is 4.79 Å². The Morgan fingerprint density at radius 2 is 2.17 bits per heavy atom. The number of hydrogen-bond acceptors (Lipinski definition) is 6. The second-order valence-corrected chi connectivity index (χ2v) is 3.78. The minimum absolute atomic E-state index is 0.135. The smallest absolute Gasteiger partial charge is 0.245 e. The molecule has 0 fully saturated rings. The van der Waals surface area contributed by atoms with Gasteiger partial charge in [0, 0.05) is 25.5 Å². The topological polar surface area (TPSA) is 84.2 Å². The molecule has 7 nitrogen and oxygen atoms in total. The molecule has 18 heavy (non-hydrogen) atoms. The number of anilines is 2. The van der Waals surface area contributed by atoms with Gasteiger partial charge in [-0.15, -0.1) is 0 Å². The normalized spacial score (nSPS) is 10.1. The molecule has 0 bridgehead atoms. The maximum atomic E-state index is 11.7. The summed E-state index contributed by atoms with van der Waals surface area (Å²) in [5.41, 5.74) is 0. The first-order valence-corrected chi connectivity index (χ1v) is 5.36. The maximum Gasteiger partial charge on any atom is 0.245 e. The van der Waals surface area contributed by atoms with Gasteiger partial charge in [0.1, 0.15) is 5.76 Å². The predicted molar refractivity (Wildman–Crippen MR) is 65.2 cm³/mol. The standard InChI is InChI=1S/C11H13N5O2/c1-8-6-9(15-18-8)14-10(17)7-16(2)11-12-4-3-5-13-11/h3-6H,7H2,1-2H3,(H,14,15,17). The van der Waals surface area contributed by atoms with Crippen molar-refractivity contribution in [3.05, 3.63) is 30.3 Å². The zero-order valence-electron chi connectivity index (χ0n) is 10.1. The van der Waals surface area contributed by atoms with Crippen molar-refractivity contribution in [2.45, 2.75) is 6.92 Å². The third-order valence-corrected chi connectivity index (χ3v) is 2.17. The van der Waals surface area contributed by atoms with Gasteiger partial charge >= 0.3 is 0 Å². The Labute approximate surface area is 104 Å². The molecular weight excluding hydrogens is 234 g/mol. The molecule has 0 aliphatic carbocycles. The molecule has 0 unspecified atom stereocenters. The van der Waals surface area contributed by atoms with E-state index in [0.717, 1.165) is 0 Å². The van der Waals surface area contributed by atoms with Gasteiger partial charge in [0.2, 0.25) is 11.9 Å². The summed E-state index contributed by atoms with van der Waals surface area (Å²) < 4.78 is 4.85. The SMILES string of the molecule is Cc1cc(NC(=O)CN(C)c2ncccn2)no1. The summed E-state index contributed by atoms with van der Waals surface area (Å²) in [6, 6.07) is 3.37. The number of hydrogen-bond donors (Lipinski definition) is 1. The number of nitrogens with zero attached hydrogens (tertiary/aromatic N) is 4. The molecule has 1 N–H and O–H groups in total. The summed E-state index contributed by atoms with van der Waals surface area (Å²) >= 11 is 0. The van der Waals surface area contributed by atoms with Crippen LogP contribution in [0.2, 0.25) is 0 Å². The van der Waals surface area contributed by atoms with Gasteiger partial charge in [-0.05, 0) is 13.0 Å². The summed E-state index contributed by atoms with van der Waals surface area (Å²) in [4.78, 5) is 21.4. The molecule has 2 heterocycles. The number of carbonyl (C=O) groups excluding carboxylic acids is 1. The van der Waals surface area contributed by atoms with E-state index in [0.29, 0.717) is 17.5 Å². The number of aromatic nitrogens is 3. The molecule has 0 saturated heterocycles. The van der Waals surface area contributed by atoms with Crippen LogP contribution >= 0.6 is 0 Å². The lowest BCUT2D eigenvalue weighted by molar-refractivity contribution is -0.115. The molecular formula is C11H13N5O2. The summed E-state index contributed by atoms with van der Waals surface area (Å²) in [6.45, 7) is 1.89. The number of carbonyl (C=O) groups is 1. The van der Waals surface area contributed by atoms with Crippen LogP contribution in [0.4, 0.5) is 11.8 Å². The molecule has 94 valence electrons. The fourth-order valence-electron chi connectivity index (χ4n) is 1.38. The quantitative estimate of drug-likeness (QED) is 0.862. The molecule has 0 saturated carbocycles. The van der Waals surface area contributed by atoms with E-state index in [9.17, 15) is 4.79 Å². The van der Waals surface area contributed by atoms with Crippen molar-refractivity contribution in [1.82, 2.24) is 15.1 Å². The first-order valence-electron chi connectivity index (χ1n) is 5.36. The van der Waals surface area contributed by atoms with E-state index < -0.39 is 0 Å². The number of nitrogens with one attached hydrogen (secondary N) is 1. The third-order valence-electron chi connectivity index (χ3n) is 2.17. The molecule has 0 aliphatic rings. The molecule has 1 amide bonds. The van der Waals surface area contributed by atoms with E-state index in [1.165, 1.54) is 0 Å². The lowest BCUT2D eigenvalue weighted by Gasteiger charge is -2.15. The van der Waals surface area contributed by atoms with Gasteiger partial charge in [-0.25, -0.2) is 9.97 Å². The van der Waals surface area contributed by atoms with Crippen LogP contribution in [0.3, 0.4) is 0 Å². The lowest BCUT2D eigenvalue weighted by Crippen LogP contribution is -2.31. The van der Waals surface area contributed by atoms with Crippen LogP contribution in [-0.4, -0.2) is 34.6 Å². The highest BCUT2D eigenvalue weighted by atomic mass is 16.5. The monoisotopic (exact) mass is 247 g/mol. The highest BCUT2D eigenvalue weighted by molar-refractivity contribution is 5.92. The van der Waals surface area contributed by atoms with Crippen molar-refractivity contribution >= 4 is 17.7 Å². The van der Waals surface area contributed by atoms with Crippen LogP contribution in [0.5, 0.6) is 0 Å². The van der Waals surface area contributed by atoms with Crippen molar-refractivity contribution in [2.75, 3.05) is 23.8 Å². The second kappa shape index (κ2) is 5.26. The second-order valence-electron chi connectivity index (χ2n) is 3.78. The molecule has 0 radical (unpaired) electrons. The molecule has 0 spiro atoms. The Balaban J connectivity index is 1.92. The Morgan fingerprint density at radius 3 is 2.78 bits per heavy atom. The minimum Gasteiger partial charge on any atom is -0.360 e. The Bertz CT molecular complexity index is 525. The van der Waals surface area contributed by atoms with E-state index in [2.05, 4.69) is 20.4 Å². The van der Waals surface area contributed by atoms with Gasteiger partial charge in [-0.1, -0.05) is 5.16 Å². The van der Waals surface area contributed by atoms with Crippen molar-refractivity contribution in [3.8, 4) is 0 Å². The molecule has 7 heteroatoms. The molecule has 0 aromatic carbocycles. The largest absolute Gasteiger partial charge is 0.360 e. The fraction of sp³-hybridized carbons (Fsp3) is 0.273. The van der Waals surface area contributed by atoms with E-state index >= 15 is 0 Å². The maximum absolute atomic E-state index is 11.7. The average molecular weight is 247 g/mol. The van der Waals surface area contributed by atoms with Gasteiger partial charge in [0.25, 0.3) is 0 Å². The highest BCUT2D eigenvalue weighted by Gasteiger charge is 2.11. The first kappa shape index (κ1) is 12.0. The average Bonchev–Trinajstić information content (AvgIpc) is 2.75. The molecule has 0 atom stereocenters. The molecule has 2 aromatic heterocycles. The molecule has 0 aliphatic heterocycles.